The predicted octanol–water partition coefficient (Wildman–Crippen LogP) is 22.7. The van der Waals surface area contributed by atoms with Crippen LogP contribution in [-0.2, 0) is 28.6 Å². The van der Waals surface area contributed by atoms with E-state index in [2.05, 4.69) is 167 Å². The zero-order valence-corrected chi connectivity index (χ0v) is 51.8. The molecule has 0 amide bonds. The Bertz CT molecular complexity index is 1750. The molecule has 1 unspecified atom stereocenters. The van der Waals surface area contributed by atoms with E-state index >= 15 is 0 Å². The van der Waals surface area contributed by atoms with E-state index in [-0.39, 0.29) is 31.1 Å². The normalized spacial score (nSPS) is 13.1. The van der Waals surface area contributed by atoms with E-state index in [1.807, 2.05) is 0 Å². The number of allylic oxidation sites excluding steroid dienone is 24. The van der Waals surface area contributed by atoms with Crippen LogP contribution in [0.2, 0.25) is 0 Å². The van der Waals surface area contributed by atoms with Crippen molar-refractivity contribution in [3.63, 3.8) is 0 Å². The number of rotatable bonds is 58. The van der Waals surface area contributed by atoms with Crippen LogP contribution in [-0.4, -0.2) is 37.2 Å². The molecule has 0 aromatic carbocycles. The number of unbranched alkanes of at least 4 members (excludes halogenated alkanes) is 23. The van der Waals surface area contributed by atoms with Gasteiger partial charge >= 0.3 is 17.9 Å². The second-order valence-corrected chi connectivity index (χ2v) is 21.3. The number of hydrogen-bond acceptors (Lipinski definition) is 6. The minimum absolute atomic E-state index is 0.0987. The highest BCUT2D eigenvalue weighted by molar-refractivity contribution is 5.71. The van der Waals surface area contributed by atoms with Crippen LogP contribution in [0.5, 0.6) is 0 Å². The number of esters is 3. The summed E-state index contributed by atoms with van der Waals surface area (Å²) in [6.07, 6.45) is 95.6. The third-order valence-electron chi connectivity index (χ3n) is 13.6. The van der Waals surface area contributed by atoms with Crippen LogP contribution in [0.3, 0.4) is 0 Å². The summed E-state index contributed by atoms with van der Waals surface area (Å²) in [6, 6.07) is 0. The van der Waals surface area contributed by atoms with Crippen molar-refractivity contribution in [1.29, 1.82) is 0 Å². The van der Waals surface area contributed by atoms with Gasteiger partial charge < -0.3 is 14.2 Å². The smallest absolute Gasteiger partial charge is 0.306 e. The third kappa shape index (κ3) is 64.1. The summed E-state index contributed by atoms with van der Waals surface area (Å²) < 4.78 is 16.9. The molecule has 6 nitrogen and oxygen atoms in total. The highest BCUT2D eigenvalue weighted by Gasteiger charge is 2.19. The average molecular weight is 1110 g/mol. The van der Waals surface area contributed by atoms with Gasteiger partial charge in [-0.3, -0.25) is 14.4 Å². The molecule has 0 aliphatic carbocycles. The van der Waals surface area contributed by atoms with E-state index in [9.17, 15) is 14.4 Å². The van der Waals surface area contributed by atoms with Gasteiger partial charge in [0.1, 0.15) is 13.2 Å². The van der Waals surface area contributed by atoms with E-state index in [0.717, 1.165) is 173 Å². The second-order valence-electron chi connectivity index (χ2n) is 21.3. The van der Waals surface area contributed by atoms with Gasteiger partial charge in [0.15, 0.2) is 6.10 Å². The minimum atomic E-state index is -0.805. The lowest BCUT2D eigenvalue weighted by atomic mass is 10.1. The Kier molecular flexibility index (Phi) is 62.9. The Balaban J connectivity index is 4.45. The van der Waals surface area contributed by atoms with Crippen molar-refractivity contribution in [2.45, 2.75) is 290 Å². The lowest BCUT2D eigenvalue weighted by Gasteiger charge is -2.18. The lowest BCUT2D eigenvalue weighted by Crippen LogP contribution is -2.30. The molecular formula is C74H120O6. The molecule has 1 atom stereocenters. The Morgan fingerprint density at radius 1 is 0.263 bits per heavy atom. The number of ether oxygens (including phenoxy) is 3. The highest BCUT2D eigenvalue weighted by atomic mass is 16.6. The molecule has 0 fully saturated rings. The van der Waals surface area contributed by atoms with Crippen molar-refractivity contribution >= 4 is 17.9 Å². The maximum absolute atomic E-state index is 12.9. The molecule has 0 heterocycles. The van der Waals surface area contributed by atoms with E-state index in [4.69, 9.17) is 14.2 Å². The molecular weight excluding hydrogens is 985 g/mol. The van der Waals surface area contributed by atoms with E-state index in [1.54, 1.807) is 0 Å². The lowest BCUT2D eigenvalue weighted by molar-refractivity contribution is -0.167. The first-order valence-corrected chi connectivity index (χ1v) is 32.8. The molecule has 0 bridgehead atoms. The van der Waals surface area contributed by atoms with Crippen LogP contribution in [0, 0.1) is 0 Å². The fourth-order valence-corrected chi connectivity index (χ4v) is 8.70. The van der Waals surface area contributed by atoms with Gasteiger partial charge in [0.2, 0.25) is 0 Å². The van der Waals surface area contributed by atoms with Gasteiger partial charge in [0.25, 0.3) is 0 Å². The Morgan fingerprint density at radius 2 is 0.487 bits per heavy atom. The third-order valence-corrected chi connectivity index (χ3v) is 13.6. The molecule has 0 aliphatic rings. The average Bonchev–Trinajstić information content (AvgIpc) is 3.46. The molecule has 80 heavy (non-hydrogen) atoms. The molecule has 6 heteroatoms. The first kappa shape index (κ1) is 75.3. The van der Waals surface area contributed by atoms with Crippen molar-refractivity contribution in [1.82, 2.24) is 0 Å². The van der Waals surface area contributed by atoms with Crippen LogP contribution < -0.4 is 0 Å². The number of carbonyl (C=O) groups is 3. The summed E-state index contributed by atoms with van der Waals surface area (Å²) in [5.41, 5.74) is 0. The summed E-state index contributed by atoms with van der Waals surface area (Å²) in [6.45, 7) is 6.37. The minimum Gasteiger partial charge on any atom is -0.462 e. The summed E-state index contributed by atoms with van der Waals surface area (Å²) in [7, 11) is 0. The van der Waals surface area contributed by atoms with Gasteiger partial charge in [-0.1, -0.05) is 269 Å². The van der Waals surface area contributed by atoms with E-state index in [1.165, 1.54) is 70.6 Å². The highest BCUT2D eigenvalue weighted by Crippen LogP contribution is 2.15. The number of hydrogen-bond donors (Lipinski definition) is 0. The zero-order chi connectivity index (χ0) is 57.8. The fourth-order valence-electron chi connectivity index (χ4n) is 8.70. The van der Waals surface area contributed by atoms with Gasteiger partial charge in [-0.2, -0.15) is 0 Å². The van der Waals surface area contributed by atoms with Crippen molar-refractivity contribution < 1.29 is 28.6 Å². The molecule has 0 saturated heterocycles. The van der Waals surface area contributed by atoms with Gasteiger partial charge in [-0.05, 0) is 141 Å². The van der Waals surface area contributed by atoms with E-state index < -0.39 is 6.10 Å². The molecule has 0 aromatic heterocycles. The quantitative estimate of drug-likeness (QED) is 0.0261. The Labute approximate surface area is 493 Å². The van der Waals surface area contributed by atoms with Crippen LogP contribution in [0.25, 0.3) is 0 Å². The molecule has 0 aliphatic heterocycles. The SMILES string of the molecule is CC/C=C\C/C=C\C/C=C\C/C=C\C/C=C\CCCCCCCCCCCC(=O)OCC(COC(=O)CCCCCCC/C=C\C/C=C\CCCCCC)OC(=O)CCCCCCC/C=C\C/C=C\C/C=C\C/C=C\C/C=C\CC. The van der Waals surface area contributed by atoms with Gasteiger partial charge in [-0.15, -0.1) is 0 Å². The summed E-state index contributed by atoms with van der Waals surface area (Å²) in [4.78, 5) is 38.4. The largest absolute Gasteiger partial charge is 0.462 e. The second kappa shape index (κ2) is 66.8. The topological polar surface area (TPSA) is 78.9 Å². The fraction of sp³-hybridized carbons (Fsp3) is 0.635. The van der Waals surface area contributed by atoms with Crippen molar-refractivity contribution in [3.8, 4) is 0 Å². The summed E-state index contributed by atoms with van der Waals surface area (Å²) in [5, 5.41) is 0. The zero-order valence-electron chi connectivity index (χ0n) is 51.8. The molecule has 0 rings (SSSR count). The summed E-state index contributed by atoms with van der Waals surface area (Å²) in [5.74, 6) is -0.935. The summed E-state index contributed by atoms with van der Waals surface area (Å²) >= 11 is 0. The van der Waals surface area contributed by atoms with Gasteiger partial charge in [0, 0.05) is 19.3 Å². The van der Waals surface area contributed by atoms with Gasteiger partial charge in [0.05, 0.1) is 0 Å². The molecule has 0 N–H and O–H groups in total. The molecule has 0 spiro atoms. The van der Waals surface area contributed by atoms with Crippen LogP contribution in [0.1, 0.15) is 284 Å². The number of carbonyl (C=O) groups excluding carboxylic acids is 3. The van der Waals surface area contributed by atoms with Crippen molar-refractivity contribution in [2.24, 2.45) is 0 Å². The van der Waals surface area contributed by atoms with E-state index in [0.29, 0.717) is 19.3 Å². The monoisotopic (exact) mass is 1100 g/mol. The maximum Gasteiger partial charge on any atom is 0.306 e. The van der Waals surface area contributed by atoms with Crippen molar-refractivity contribution in [2.75, 3.05) is 13.2 Å². The first-order valence-electron chi connectivity index (χ1n) is 32.8. The van der Waals surface area contributed by atoms with Crippen molar-refractivity contribution in [3.05, 3.63) is 146 Å². The Morgan fingerprint density at radius 3 is 0.762 bits per heavy atom. The first-order chi connectivity index (χ1) is 39.5. The maximum atomic E-state index is 12.9. The van der Waals surface area contributed by atoms with Crippen LogP contribution in [0.4, 0.5) is 0 Å². The van der Waals surface area contributed by atoms with Gasteiger partial charge in [-0.25, -0.2) is 0 Å². The van der Waals surface area contributed by atoms with Crippen LogP contribution in [0.15, 0.2) is 146 Å². The predicted molar refractivity (Wildman–Crippen MR) is 348 cm³/mol. The molecule has 452 valence electrons. The standard InChI is InChI=1S/C74H120O6/c1-4-7-10-13-16-19-22-25-28-31-33-35-36-37-38-40-41-43-46-49-52-55-58-61-64-67-73(76)79-70-71(69-78-72(75)66-63-60-57-54-51-48-45-30-27-24-21-18-15-12-9-6-3)80-74(77)68-65-62-59-56-53-50-47-44-42-39-34-32-29-26-23-20-17-14-11-8-5-2/h7-8,10-11,16-17,19-21,24-26,28-30,33-35,37-39,44-45,47,71H,4-6,9,12-15,18,22-23,27,31-32,36,40-43,46,48-70H2,1-3H3/b10-7-,11-8-,19-16-,20-17-,24-21-,28-25-,29-26-,35-33-,38-37-,39-34-,45-30-,47-44-. The molecule has 0 saturated carbocycles. The van der Waals surface area contributed by atoms with Crippen LogP contribution >= 0.6 is 0 Å². The molecule has 0 radical (unpaired) electrons. The molecule has 0 aromatic rings. The Hall–Kier alpha value is -4.71.